The van der Waals surface area contributed by atoms with Crippen molar-refractivity contribution in [3.63, 3.8) is 0 Å². The maximum atomic E-state index is 13.1. The lowest BCUT2D eigenvalue weighted by Crippen LogP contribution is -2.22. The number of halogens is 1. The van der Waals surface area contributed by atoms with Crippen molar-refractivity contribution < 1.29 is 17.3 Å². The number of aromatic nitrogens is 2. The van der Waals surface area contributed by atoms with Crippen LogP contribution in [0.15, 0.2) is 70.4 Å². The summed E-state index contributed by atoms with van der Waals surface area (Å²) in [4.78, 5) is 18.2. The van der Waals surface area contributed by atoms with E-state index in [9.17, 15) is 13.2 Å². The zero-order chi connectivity index (χ0) is 24.7. The second kappa shape index (κ2) is 8.99. The van der Waals surface area contributed by atoms with Gasteiger partial charge < -0.3 is 8.92 Å². The molecule has 0 spiro atoms. The number of hydrogen-bond donors (Lipinski definition) is 0. The number of imidazole rings is 1. The molecule has 7 nitrogen and oxygen atoms in total. The van der Waals surface area contributed by atoms with Crippen LogP contribution in [-0.4, -0.2) is 24.4 Å². The van der Waals surface area contributed by atoms with Gasteiger partial charge in [-0.25, -0.2) is 9.38 Å². The molecular formula is C25H19ClN2O5S2. The minimum absolute atomic E-state index is 0.00223. The molecule has 2 heterocycles. The molecule has 0 bridgehead atoms. The lowest BCUT2D eigenvalue weighted by molar-refractivity contribution is 0.327. The lowest BCUT2D eigenvalue weighted by atomic mass is 10.2. The quantitative estimate of drug-likeness (QED) is 0.301. The zero-order valence-corrected chi connectivity index (χ0v) is 21.1. The van der Waals surface area contributed by atoms with Crippen LogP contribution in [-0.2, 0) is 10.1 Å². The second-order valence-electron chi connectivity index (χ2n) is 7.75. The number of fused-ring (bicyclic) bond motifs is 3. The number of aryl methyl sites for hydroxylation is 1. The van der Waals surface area contributed by atoms with E-state index < -0.39 is 10.1 Å². The number of nitrogens with zero attached hydrogens (tertiary/aromatic N) is 2. The van der Waals surface area contributed by atoms with E-state index in [4.69, 9.17) is 20.5 Å². The van der Waals surface area contributed by atoms with E-state index in [-0.39, 0.29) is 33.6 Å². The first-order valence-electron chi connectivity index (χ1n) is 10.7. The van der Waals surface area contributed by atoms with Gasteiger partial charge in [0.25, 0.3) is 5.56 Å². The topological polar surface area (TPSA) is 87.0 Å². The van der Waals surface area contributed by atoms with E-state index in [1.54, 1.807) is 35.6 Å². The summed E-state index contributed by atoms with van der Waals surface area (Å²) >= 11 is 7.70. The molecule has 3 aromatic carbocycles. The molecule has 0 atom stereocenters. The minimum Gasteiger partial charge on any atom is -0.490 e. The molecule has 0 aliphatic carbocycles. The molecule has 2 aromatic heterocycles. The minimum atomic E-state index is -4.14. The Kier molecular flexibility index (Phi) is 6.00. The first kappa shape index (κ1) is 23.3. The molecule has 0 aliphatic rings. The Labute approximate surface area is 210 Å². The summed E-state index contributed by atoms with van der Waals surface area (Å²) in [5.74, 6) is 0.0433. The fraction of sp³-hybridized carbons (Fsp3) is 0.120. The van der Waals surface area contributed by atoms with Crippen LogP contribution in [0.5, 0.6) is 11.5 Å². The Balaban J connectivity index is 1.58. The number of ether oxygens (including phenoxy) is 1. The van der Waals surface area contributed by atoms with Gasteiger partial charge in [-0.3, -0.25) is 4.79 Å². The van der Waals surface area contributed by atoms with E-state index in [0.717, 1.165) is 16.6 Å². The van der Waals surface area contributed by atoms with E-state index in [0.29, 0.717) is 15.1 Å². The average Bonchev–Trinajstić information content (AvgIpc) is 3.32. The molecule has 35 heavy (non-hydrogen) atoms. The molecular weight excluding hydrogens is 508 g/mol. The van der Waals surface area contributed by atoms with Crippen LogP contribution in [0.1, 0.15) is 18.1 Å². The van der Waals surface area contributed by atoms with Gasteiger partial charge in [-0.15, -0.1) is 0 Å². The number of para-hydroxylation sites is 2. The zero-order valence-electron chi connectivity index (χ0n) is 18.7. The van der Waals surface area contributed by atoms with Crippen molar-refractivity contribution >= 4 is 55.1 Å². The van der Waals surface area contributed by atoms with Gasteiger partial charge in [0, 0.05) is 0 Å². The summed E-state index contributed by atoms with van der Waals surface area (Å²) in [5.41, 5.74) is 2.77. The number of benzene rings is 3. The van der Waals surface area contributed by atoms with Crippen LogP contribution >= 0.6 is 22.9 Å². The summed E-state index contributed by atoms with van der Waals surface area (Å²) in [6.45, 7) is 3.88. The third kappa shape index (κ3) is 4.38. The van der Waals surface area contributed by atoms with Crippen molar-refractivity contribution in [2.24, 2.45) is 0 Å². The summed E-state index contributed by atoms with van der Waals surface area (Å²) in [6, 6.07) is 16.8. The Bertz CT molecular complexity index is 1790. The van der Waals surface area contributed by atoms with Crippen molar-refractivity contribution in [3.05, 3.63) is 91.7 Å². The highest BCUT2D eigenvalue weighted by Gasteiger charge is 2.22. The predicted octanol–water partition coefficient (Wildman–Crippen LogP) is 4.59. The summed E-state index contributed by atoms with van der Waals surface area (Å²) in [7, 11) is -4.14. The maximum Gasteiger partial charge on any atom is 0.339 e. The second-order valence-corrected chi connectivity index (χ2v) is 10.7. The van der Waals surface area contributed by atoms with Crippen molar-refractivity contribution in [3.8, 4) is 11.5 Å². The number of hydrogen-bond acceptors (Lipinski definition) is 7. The maximum absolute atomic E-state index is 13.1. The smallest absolute Gasteiger partial charge is 0.339 e. The summed E-state index contributed by atoms with van der Waals surface area (Å²) < 4.78 is 38.7. The molecule has 0 aliphatic heterocycles. The van der Waals surface area contributed by atoms with Gasteiger partial charge in [0.2, 0.25) is 5.75 Å². The van der Waals surface area contributed by atoms with Crippen molar-refractivity contribution in [1.82, 2.24) is 9.38 Å². The van der Waals surface area contributed by atoms with Crippen LogP contribution in [0.4, 0.5) is 0 Å². The van der Waals surface area contributed by atoms with Gasteiger partial charge in [0.15, 0.2) is 10.7 Å². The van der Waals surface area contributed by atoms with Crippen LogP contribution in [0, 0.1) is 6.92 Å². The fourth-order valence-corrected chi connectivity index (χ4v) is 5.89. The average molecular weight is 527 g/mol. The lowest BCUT2D eigenvalue weighted by Gasteiger charge is -2.14. The van der Waals surface area contributed by atoms with Gasteiger partial charge in [-0.2, -0.15) is 8.42 Å². The summed E-state index contributed by atoms with van der Waals surface area (Å²) in [5, 5.41) is 0.0390. The first-order valence-corrected chi connectivity index (χ1v) is 13.3. The third-order valence-corrected chi connectivity index (χ3v) is 7.76. The summed E-state index contributed by atoms with van der Waals surface area (Å²) in [6.07, 6.45) is 1.67. The molecule has 0 saturated heterocycles. The Morgan fingerprint density at radius 3 is 2.60 bits per heavy atom. The number of thiazole rings is 1. The van der Waals surface area contributed by atoms with E-state index in [1.165, 1.54) is 29.5 Å². The molecule has 5 rings (SSSR count). The van der Waals surface area contributed by atoms with E-state index >= 15 is 0 Å². The van der Waals surface area contributed by atoms with Crippen LogP contribution < -0.4 is 19.0 Å². The van der Waals surface area contributed by atoms with Crippen molar-refractivity contribution in [1.29, 1.82) is 0 Å². The fourth-order valence-electron chi connectivity index (χ4n) is 3.64. The monoisotopic (exact) mass is 526 g/mol. The molecule has 0 saturated carbocycles. The third-order valence-electron chi connectivity index (χ3n) is 5.28. The van der Waals surface area contributed by atoms with Crippen LogP contribution in [0.2, 0.25) is 5.02 Å². The van der Waals surface area contributed by atoms with Crippen LogP contribution in [0.25, 0.3) is 22.1 Å². The first-order chi connectivity index (χ1) is 16.8. The van der Waals surface area contributed by atoms with Gasteiger partial charge in [0.1, 0.15) is 4.90 Å². The molecule has 178 valence electrons. The largest absolute Gasteiger partial charge is 0.490 e. The van der Waals surface area contributed by atoms with Gasteiger partial charge in [-0.1, -0.05) is 52.8 Å². The van der Waals surface area contributed by atoms with Crippen molar-refractivity contribution in [2.75, 3.05) is 6.61 Å². The van der Waals surface area contributed by atoms with Gasteiger partial charge >= 0.3 is 10.1 Å². The normalized spacial score (nSPS) is 12.5. The SMILES string of the molecule is CCOc1cc(/C=c2\sc3nc4ccccc4n3c2=O)cc(Cl)c1OS(=O)(=O)c1ccc(C)cc1. The highest BCUT2D eigenvalue weighted by Crippen LogP contribution is 2.38. The molecule has 0 fully saturated rings. The predicted molar refractivity (Wildman–Crippen MR) is 137 cm³/mol. The van der Waals surface area contributed by atoms with E-state index in [1.807, 2.05) is 31.2 Å². The molecule has 0 amide bonds. The standard InChI is InChI=1S/C25H19ClN2O5S2/c1-3-32-21-13-16(12-18(26)23(21)33-35(30,31)17-10-8-15(2)9-11-17)14-22-24(29)28-20-7-5-4-6-19(20)27-25(28)34-22/h4-14H,3H2,1-2H3/b22-14-. The van der Waals surface area contributed by atoms with Crippen LogP contribution in [0.3, 0.4) is 0 Å². The molecule has 0 N–H and O–H groups in total. The Morgan fingerprint density at radius 2 is 1.86 bits per heavy atom. The Hall–Kier alpha value is -3.40. The highest BCUT2D eigenvalue weighted by molar-refractivity contribution is 7.87. The number of rotatable bonds is 6. The molecule has 5 aromatic rings. The molecule has 0 unspecified atom stereocenters. The van der Waals surface area contributed by atoms with Gasteiger partial charge in [0.05, 0.1) is 27.2 Å². The molecule has 10 heteroatoms. The molecule has 0 radical (unpaired) electrons. The Morgan fingerprint density at radius 1 is 1.11 bits per heavy atom. The highest BCUT2D eigenvalue weighted by atomic mass is 35.5. The van der Waals surface area contributed by atoms with Crippen molar-refractivity contribution in [2.45, 2.75) is 18.7 Å². The van der Waals surface area contributed by atoms with E-state index in [2.05, 4.69) is 4.98 Å². The van der Waals surface area contributed by atoms with Gasteiger partial charge in [-0.05, 0) is 61.9 Å².